The second-order valence-corrected chi connectivity index (χ2v) is 6.59. The van der Waals surface area contributed by atoms with Gasteiger partial charge in [0.1, 0.15) is 6.10 Å². The fraction of sp³-hybridized carbons (Fsp3) is 0.750. The summed E-state index contributed by atoms with van der Waals surface area (Å²) in [5.74, 6) is 0.0354. The predicted molar refractivity (Wildman–Crippen MR) is 82.9 cm³/mol. The third-order valence-corrected chi connectivity index (χ3v) is 3.40. The van der Waals surface area contributed by atoms with Crippen molar-refractivity contribution < 1.29 is 14.3 Å². The van der Waals surface area contributed by atoms with Crippen molar-refractivity contribution >= 4 is 12.0 Å². The molecule has 2 atom stereocenters. The summed E-state index contributed by atoms with van der Waals surface area (Å²) in [6.45, 7) is 5.88. The lowest BCUT2D eigenvalue weighted by Gasteiger charge is -2.27. The van der Waals surface area contributed by atoms with Crippen LogP contribution >= 0.6 is 0 Å². The van der Waals surface area contributed by atoms with Gasteiger partial charge < -0.3 is 15.4 Å². The zero-order valence-corrected chi connectivity index (χ0v) is 13.6. The van der Waals surface area contributed by atoms with Gasteiger partial charge in [0, 0.05) is 24.9 Å². The highest BCUT2D eigenvalue weighted by molar-refractivity contribution is 5.77. The number of alkyl carbamates (subject to hydrolysis) is 1. The SMILES string of the molecule is CNC(=O)OC1/C=C/CCCCC1CC(=O)NC(C)(C)C. The lowest BCUT2D eigenvalue weighted by Crippen LogP contribution is -2.42. The molecule has 5 heteroatoms. The minimum atomic E-state index is -0.452. The first kappa shape index (κ1) is 17.5. The molecule has 0 saturated carbocycles. The van der Waals surface area contributed by atoms with E-state index in [0.717, 1.165) is 25.7 Å². The molecule has 1 rings (SSSR count). The molecule has 0 spiro atoms. The molecule has 2 N–H and O–H groups in total. The maximum absolute atomic E-state index is 12.1. The summed E-state index contributed by atoms with van der Waals surface area (Å²) in [4.78, 5) is 23.6. The first-order valence-electron chi connectivity index (χ1n) is 7.68. The molecule has 0 bridgehead atoms. The Morgan fingerprint density at radius 1 is 1.29 bits per heavy atom. The highest BCUT2D eigenvalue weighted by Crippen LogP contribution is 2.24. The summed E-state index contributed by atoms with van der Waals surface area (Å²) in [6.07, 6.45) is 7.60. The summed E-state index contributed by atoms with van der Waals surface area (Å²) >= 11 is 0. The third kappa shape index (κ3) is 7.16. The number of nitrogens with one attached hydrogen (secondary N) is 2. The van der Waals surface area contributed by atoms with Gasteiger partial charge >= 0.3 is 6.09 Å². The first-order chi connectivity index (χ1) is 9.81. The topological polar surface area (TPSA) is 67.4 Å². The van der Waals surface area contributed by atoms with E-state index < -0.39 is 6.09 Å². The normalized spacial score (nSPS) is 24.4. The van der Waals surface area contributed by atoms with E-state index in [2.05, 4.69) is 10.6 Å². The molecular formula is C16H28N2O3. The number of ether oxygens (including phenoxy) is 1. The number of carbonyl (C=O) groups is 2. The number of amides is 2. The average molecular weight is 296 g/mol. The Morgan fingerprint density at radius 2 is 2.00 bits per heavy atom. The molecule has 120 valence electrons. The van der Waals surface area contributed by atoms with E-state index >= 15 is 0 Å². The smallest absolute Gasteiger partial charge is 0.407 e. The highest BCUT2D eigenvalue weighted by atomic mass is 16.6. The number of carbonyl (C=O) groups excluding carboxylic acids is 2. The quantitative estimate of drug-likeness (QED) is 0.787. The van der Waals surface area contributed by atoms with Crippen LogP contribution in [0.5, 0.6) is 0 Å². The van der Waals surface area contributed by atoms with Gasteiger partial charge in [-0.05, 0) is 46.1 Å². The Kier molecular flexibility index (Phi) is 6.72. The molecular weight excluding hydrogens is 268 g/mol. The van der Waals surface area contributed by atoms with Crippen LogP contribution < -0.4 is 10.6 Å². The van der Waals surface area contributed by atoms with Gasteiger partial charge in [0.05, 0.1) is 0 Å². The van der Waals surface area contributed by atoms with Gasteiger partial charge in [0.15, 0.2) is 0 Å². The second-order valence-electron chi connectivity index (χ2n) is 6.59. The molecule has 0 radical (unpaired) electrons. The monoisotopic (exact) mass is 296 g/mol. The standard InChI is InChI=1S/C16H28N2O3/c1-16(2,3)18-14(19)11-12-9-7-5-6-8-10-13(12)21-15(20)17-4/h8,10,12-13H,5-7,9,11H2,1-4H3,(H,17,20)(H,18,19)/b10-8+. The Morgan fingerprint density at radius 3 is 2.62 bits per heavy atom. The maximum atomic E-state index is 12.1. The van der Waals surface area contributed by atoms with Crippen LogP contribution in [0.4, 0.5) is 4.79 Å². The van der Waals surface area contributed by atoms with Crippen molar-refractivity contribution in [3.63, 3.8) is 0 Å². The molecule has 5 nitrogen and oxygen atoms in total. The maximum Gasteiger partial charge on any atom is 0.407 e. The van der Waals surface area contributed by atoms with Crippen LogP contribution in [0.1, 0.15) is 52.9 Å². The molecule has 2 amide bonds. The van der Waals surface area contributed by atoms with Gasteiger partial charge in [-0.1, -0.05) is 12.5 Å². The van der Waals surface area contributed by atoms with E-state index in [-0.39, 0.29) is 23.5 Å². The molecule has 1 aliphatic rings. The average Bonchev–Trinajstić information content (AvgIpc) is 2.34. The second kappa shape index (κ2) is 8.05. The number of hydrogen-bond acceptors (Lipinski definition) is 3. The fourth-order valence-electron chi connectivity index (χ4n) is 2.46. The minimum absolute atomic E-state index is 0.00646. The van der Waals surface area contributed by atoms with Crippen LogP contribution in [0.2, 0.25) is 0 Å². The molecule has 0 aromatic rings. The zero-order valence-electron chi connectivity index (χ0n) is 13.6. The van der Waals surface area contributed by atoms with Gasteiger partial charge in [-0.25, -0.2) is 4.79 Å². The van der Waals surface area contributed by atoms with E-state index in [1.165, 1.54) is 7.05 Å². The number of allylic oxidation sites excluding steroid dienone is 1. The van der Waals surface area contributed by atoms with E-state index in [9.17, 15) is 9.59 Å². The highest BCUT2D eigenvalue weighted by Gasteiger charge is 2.27. The van der Waals surface area contributed by atoms with Crippen LogP contribution in [0, 0.1) is 5.92 Å². The van der Waals surface area contributed by atoms with Gasteiger partial charge in [0.2, 0.25) is 5.91 Å². The van der Waals surface area contributed by atoms with Gasteiger partial charge in [-0.15, -0.1) is 0 Å². The van der Waals surface area contributed by atoms with Crippen LogP contribution in [0.15, 0.2) is 12.2 Å². The Bertz CT molecular complexity index is 385. The largest absolute Gasteiger partial charge is 0.442 e. The molecule has 0 aromatic carbocycles. The van der Waals surface area contributed by atoms with E-state index in [4.69, 9.17) is 4.74 Å². The van der Waals surface area contributed by atoms with E-state index in [1.807, 2.05) is 32.9 Å². The van der Waals surface area contributed by atoms with Crippen LogP contribution in [0.3, 0.4) is 0 Å². The lowest BCUT2D eigenvalue weighted by molar-refractivity contribution is -0.124. The summed E-state index contributed by atoms with van der Waals surface area (Å²) in [6, 6.07) is 0. The van der Waals surface area contributed by atoms with E-state index in [0.29, 0.717) is 6.42 Å². The van der Waals surface area contributed by atoms with Crippen molar-refractivity contribution in [2.45, 2.75) is 64.5 Å². The van der Waals surface area contributed by atoms with Crippen LogP contribution in [-0.2, 0) is 9.53 Å². The third-order valence-electron chi connectivity index (χ3n) is 3.40. The molecule has 0 aromatic heterocycles. The molecule has 0 heterocycles. The predicted octanol–water partition coefficient (Wildman–Crippen LogP) is 2.76. The minimum Gasteiger partial charge on any atom is -0.442 e. The van der Waals surface area contributed by atoms with Gasteiger partial charge in [-0.3, -0.25) is 4.79 Å². The van der Waals surface area contributed by atoms with Gasteiger partial charge in [-0.2, -0.15) is 0 Å². The summed E-state index contributed by atoms with van der Waals surface area (Å²) in [5.41, 5.74) is -0.244. The van der Waals surface area contributed by atoms with Crippen molar-refractivity contribution in [2.24, 2.45) is 5.92 Å². The van der Waals surface area contributed by atoms with Crippen molar-refractivity contribution in [2.75, 3.05) is 7.05 Å². The van der Waals surface area contributed by atoms with E-state index in [1.54, 1.807) is 0 Å². The molecule has 1 aliphatic carbocycles. The summed E-state index contributed by atoms with van der Waals surface area (Å²) in [7, 11) is 1.54. The molecule has 21 heavy (non-hydrogen) atoms. The summed E-state index contributed by atoms with van der Waals surface area (Å²) < 4.78 is 5.40. The summed E-state index contributed by atoms with van der Waals surface area (Å²) in [5, 5.41) is 5.44. The van der Waals surface area contributed by atoms with Crippen molar-refractivity contribution in [3.8, 4) is 0 Å². The van der Waals surface area contributed by atoms with Crippen molar-refractivity contribution in [1.82, 2.24) is 10.6 Å². The van der Waals surface area contributed by atoms with Gasteiger partial charge in [0.25, 0.3) is 0 Å². The molecule has 2 unspecified atom stereocenters. The zero-order chi connectivity index (χ0) is 15.9. The molecule has 0 fully saturated rings. The Labute approximate surface area is 127 Å². The van der Waals surface area contributed by atoms with Crippen molar-refractivity contribution in [3.05, 3.63) is 12.2 Å². The molecule has 0 aliphatic heterocycles. The lowest BCUT2D eigenvalue weighted by atomic mass is 9.89. The number of rotatable bonds is 3. The fourth-order valence-corrected chi connectivity index (χ4v) is 2.46. The van der Waals surface area contributed by atoms with Crippen LogP contribution in [0.25, 0.3) is 0 Å². The van der Waals surface area contributed by atoms with Crippen molar-refractivity contribution in [1.29, 1.82) is 0 Å². The Balaban J connectivity index is 2.71. The number of hydrogen-bond donors (Lipinski definition) is 2. The Hall–Kier alpha value is -1.52. The first-order valence-corrected chi connectivity index (χ1v) is 7.68. The van der Waals surface area contributed by atoms with Crippen LogP contribution in [-0.4, -0.2) is 30.7 Å². The molecule has 0 saturated heterocycles.